The summed E-state index contributed by atoms with van der Waals surface area (Å²) in [6, 6.07) is 5.68. The highest BCUT2D eigenvalue weighted by Crippen LogP contribution is 2.19. The molecule has 3 N–H and O–H groups in total. The number of hydrogen-bond acceptors (Lipinski definition) is 4. The number of methoxy groups -OCH3 is 1. The number of benzene rings is 1. The summed E-state index contributed by atoms with van der Waals surface area (Å²) in [4.78, 5) is 16.4. The smallest absolute Gasteiger partial charge is 0.221 e. The van der Waals surface area contributed by atoms with Crippen molar-refractivity contribution in [1.82, 2.24) is 14.9 Å². The SMILES string of the molecule is CCc1nc2cc(N)ccc2n1CCC(=O)NCCOC. The Kier molecular flexibility index (Phi) is 5.16. The molecule has 0 saturated heterocycles. The Hall–Kier alpha value is -2.08. The minimum absolute atomic E-state index is 0.0198. The van der Waals surface area contributed by atoms with Crippen LogP contribution in [-0.2, 0) is 22.5 Å². The van der Waals surface area contributed by atoms with Crippen LogP contribution in [0.2, 0.25) is 0 Å². The van der Waals surface area contributed by atoms with Gasteiger partial charge in [-0.25, -0.2) is 4.98 Å². The van der Waals surface area contributed by atoms with Crippen molar-refractivity contribution < 1.29 is 9.53 Å². The van der Waals surface area contributed by atoms with Crippen LogP contribution < -0.4 is 11.1 Å². The highest BCUT2D eigenvalue weighted by atomic mass is 16.5. The van der Waals surface area contributed by atoms with Crippen LogP contribution in [0.5, 0.6) is 0 Å². The van der Waals surface area contributed by atoms with E-state index >= 15 is 0 Å². The molecule has 0 saturated carbocycles. The monoisotopic (exact) mass is 290 g/mol. The molecule has 0 radical (unpaired) electrons. The number of carbonyl (C=O) groups is 1. The van der Waals surface area contributed by atoms with E-state index in [1.54, 1.807) is 7.11 Å². The van der Waals surface area contributed by atoms with E-state index in [1.807, 2.05) is 18.2 Å². The van der Waals surface area contributed by atoms with Crippen LogP contribution in [0.1, 0.15) is 19.2 Å². The number of rotatable bonds is 7. The molecule has 1 aromatic carbocycles. The largest absolute Gasteiger partial charge is 0.399 e. The molecule has 2 aromatic rings. The standard InChI is InChI=1S/C15H22N4O2/c1-3-14-18-12-10-11(16)4-5-13(12)19(14)8-6-15(20)17-7-9-21-2/h4-5,10H,3,6-9,16H2,1-2H3,(H,17,20). The van der Waals surface area contributed by atoms with Gasteiger partial charge >= 0.3 is 0 Å². The number of nitrogen functional groups attached to an aromatic ring is 1. The number of nitrogens with zero attached hydrogens (tertiary/aromatic N) is 2. The summed E-state index contributed by atoms with van der Waals surface area (Å²) in [6.45, 7) is 3.73. The predicted octanol–water partition coefficient (Wildman–Crippen LogP) is 1.33. The Bertz CT molecular complexity index is 621. The molecule has 1 aromatic heterocycles. The van der Waals surface area contributed by atoms with Gasteiger partial charge in [0.15, 0.2) is 0 Å². The molecule has 6 nitrogen and oxygen atoms in total. The van der Waals surface area contributed by atoms with Gasteiger partial charge in [-0.15, -0.1) is 0 Å². The minimum atomic E-state index is 0.0198. The lowest BCUT2D eigenvalue weighted by atomic mass is 10.2. The zero-order chi connectivity index (χ0) is 15.2. The quantitative estimate of drug-likeness (QED) is 0.595. The first-order chi connectivity index (χ1) is 10.2. The van der Waals surface area contributed by atoms with Crippen molar-refractivity contribution in [2.75, 3.05) is 26.0 Å². The first kappa shape index (κ1) is 15.3. The molecule has 0 bridgehead atoms. The average Bonchev–Trinajstić information content (AvgIpc) is 2.82. The number of hydrogen-bond donors (Lipinski definition) is 2. The summed E-state index contributed by atoms with van der Waals surface area (Å²) in [6.07, 6.45) is 1.24. The van der Waals surface area contributed by atoms with Gasteiger partial charge in [0, 0.05) is 38.7 Å². The molecular weight excluding hydrogens is 268 g/mol. The highest BCUT2D eigenvalue weighted by Gasteiger charge is 2.11. The van der Waals surface area contributed by atoms with Crippen LogP contribution >= 0.6 is 0 Å². The van der Waals surface area contributed by atoms with Gasteiger partial charge in [-0.3, -0.25) is 4.79 Å². The van der Waals surface area contributed by atoms with Gasteiger partial charge in [0.1, 0.15) is 5.82 Å². The number of imidazole rings is 1. The first-order valence-electron chi connectivity index (χ1n) is 7.16. The van der Waals surface area contributed by atoms with Crippen LogP contribution in [-0.4, -0.2) is 35.7 Å². The van der Waals surface area contributed by atoms with E-state index in [9.17, 15) is 4.79 Å². The van der Waals surface area contributed by atoms with Crippen molar-refractivity contribution in [2.45, 2.75) is 26.3 Å². The summed E-state index contributed by atoms with van der Waals surface area (Å²) in [7, 11) is 1.61. The molecule has 0 unspecified atom stereocenters. The van der Waals surface area contributed by atoms with Crippen LogP contribution in [0.15, 0.2) is 18.2 Å². The third kappa shape index (κ3) is 3.72. The molecular formula is C15H22N4O2. The van der Waals surface area contributed by atoms with Crippen molar-refractivity contribution in [3.05, 3.63) is 24.0 Å². The molecule has 0 spiro atoms. The number of ether oxygens (including phenoxy) is 1. The van der Waals surface area contributed by atoms with Crippen molar-refractivity contribution in [3.8, 4) is 0 Å². The predicted molar refractivity (Wildman–Crippen MR) is 83.0 cm³/mol. The second-order valence-electron chi connectivity index (χ2n) is 4.87. The van der Waals surface area contributed by atoms with E-state index in [1.165, 1.54) is 0 Å². The molecule has 6 heteroatoms. The lowest BCUT2D eigenvalue weighted by Crippen LogP contribution is -2.27. The van der Waals surface area contributed by atoms with Gasteiger partial charge < -0.3 is 20.4 Å². The van der Waals surface area contributed by atoms with Gasteiger partial charge in [0.2, 0.25) is 5.91 Å². The zero-order valence-corrected chi connectivity index (χ0v) is 12.6. The van der Waals surface area contributed by atoms with E-state index in [-0.39, 0.29) is 5.91 Å². The number of fused-ring (bicyclic) bond motifs is 1. The van der Waals surface area contributed by atoms with E-state index < -0.39 is 0 Å². The van der Waals surface area contributed by atoms with E-state index in [4.69, 9.17) is 10.5 Å². The maximum Gasteiger partial charge on any atom is 0.221 e. The average molecular weight is 290 g/mol. The summed E-state index contributed by atoms with van der Waals surface area (Å²) in [5, 5.41) is 2.82. The fourth-order valence-electron chi connectivity index (χ4n) is 2.31. The number of anilines is 1. The van der Waals surface area contributed by atoms with E-state index in [0.29, 0.717) is 31.8 Å². The Morgan fingerprint density at radius 1 is 1.48 bits per heavy atom. The second kappa shape index (κ2) is 7.08. The maximum absolute atomic E-state index is 11.8. The topological polar surface area (TPSA) is 82.2 Å². The third-order valence-corrected chi connectivity index (χ3v) is 3.36. The number of aromatic nitrogens is 2. The molecule has 2 rings (SSSR count). The third-order valence-electron chi connectivity index (χ3n) is 3.36. The molecule has 0 atom stereocenters. The number of carbonyl (C=O) groups excluding carboxylic acids is 1. The minimum Gasteiger partial charge on any atom is -0.399 e. The molecule has 21 heavy (non-hydrogen) atoms. The Labute approximate surface area is 124 Å². The van der Waals surface area contributed by atoms with Gasteiger partial charge in [-0.2, -0.15) is 0 Å². The molecule has 0 aliphatic carbocycles. The van der Waals surface area contributed by atoms with Gasteiger partial charge in [0.25, 0.3) is 0 Å². The van der Waals surface area contributed by atoms with Gasteiger partial charge in [0.05, 0.1) is 17.6 Å². The van der Waals surface area contributed by atoms with Gasteiger partial charge in [-0.05, 0) is 18.2 Å². The molecule has 114 valence electrons. The molecule has 0 fully saturated rings. The van der Waals surface area contributed by atoms with Crippen molar-refractivity contribution >= 4 is 22.6 Å². The molecule has 0 aliphatic heterocycles. The molecule has 1 amide bonds. The molecule has 0 aliphatic rings. The van der Waals surface area contributed by atoms with E-state index in [2.05, 4.69) is 21.8 Å². The zero-order valence-electron chi connectivity index (χ0n) is 12.6. The van der Waals surface area contributed by atoms with Crippen LogP contribution in [0, 0.1) is 0 Å². The van der Waals surface area contributed by atoms with Crippen molar-refractivity contribution in [2.24, 2.45) is 0 Å². The van der Waals surface area contributed by atoms with Crippen molar-refractivity contribution in [1.29, 1.82) is 0 Å². The van der Waals surface area contributed by atoms with Crippen LogP contribution in [0.25, 0.3) is 11.0 Å². The Morgan fingerprint density at radius 2 is 2.29 bits per heavy atom. The maximum atomic E-state index is 11.8. The first-order valence-corrected chi connectivity index (χ1v) is 7.16. The lowest BCUT2D eigenvalue weighted by molar-refractivity contribution is -0.121. The Morgan fingerprint density at radius 3 is 3.00 bits per heavy atom. The summed E-state index contributed by atoms with van der Waals surface area (Å²) < 4.78 is 6.99. The number of aryl methyl sites for hydroxylation is 2. The fraction of sp³-hybridized carbons (Fsp3) is 0.467. The Balaban J connectivity index is 2.08. The summed E-state index contributed by atoms with van der Waals surface area (Å²) in [5.74, 6) is 0.992. The summed E-state index contributed by atoms with van der Waals surface area (Å²) >= 11 is 0. The van der Waals surface area contributed by atoms with Gasteiger partial charge in [-0.1, -0.05) is 6.92 Å². The molecule has 1 heterocycles. The number of amides is 1. The number of nitrogens with two attached hydrogens (primary N) is 1. The second-order valence-corrected chi connectivity index (χ2v) is 4.87. The van der Waals surface area contributed by atoms with Crippen molar-refractivity contribution in [3.63, 3.8) is 0 Å². The van der Waals surface area contributed by atoms with Crippen LogP contribution in [0.4, 0.5) is 5.69 Å². The van der Waals surface area contributed by atoms with Crippen LogP contribution in [0.3, 0.4) is 0 Å². The number of nitrogens with one attached hydrogen (secondary N) is 1. The van der Waals surface area contributed by atoms with E-state index in [0.717, 1.165) is 23.3 Å². The lowest BCUT2D eigenvalue weighted by Gasteiger charge is -2.09. The highest BCUT2D eigenvalue weighted by molar-refractivity contribution is 5.80. The summed E-state index contributed by atoms with van der Waals surface area (Å²) in [5.41, 5.74) is 8.39. The normalized spacial score (nSPS) is 11.0. The fourth-order valence-corrected chi connectivity index (χ4v) is 2.31.